The molecule has 1 aromatic carbocycles. The summed E-state index contributed by atoms with van der Waals surface area (Å²) in [4.78, 5) is 0. The normalized spacial score (nSPS) is 11.5. The number of alkyl halides is 3. The fourth-order valence-electron chi connectivity index (χ4n) is 1.24. The van der Waals surface area contributed by atoms with E-state index in [2.05, 4.69) is 5.92 Å². The second-order valence-electron chi connectivity index (χ2n) is 4.07. The number of hydrogen-bond donors (Lipinski definition) is 0. The monoisotopic (exact) mass is 253 g/mol. The summed E-state index contributed by atoms with van der Waals surface area (Å²) in [6, 6.07) is 4.61. The van der Waals surface area contributed by atoms with Crippen LogP contribution in [0.5, 0.6) is 5.75 Å². The largest absolute Gasteiger partial charge is 0.475 e. The predicted molar refractivity (Wildman–Crippen MR) is 59.7 cm³/mol. The van der Waals surface area contributed by atoms with Crippen molar-refractivity contribution in [3.05, 3.63) is 29.3 Å². The number of benzene rings is 1. The quantitative estimate of drug-likeness (QED) is 0.757. The van der Waals surface area contributed by atoms with Crippen LogP contribution in [0, 0.1) is 23.7 Å². The number of ether oxygens (including phenoxy) is 1. The van der Waals surface area contributed by atoms with Crippen LogP contribution < -0.4 is 4.74 Å². The molecular formula is C13H10F3NO. The maximum Gasteiger partial charge on any atom is 0.417 e. The third-order valence-corrected chi connectivity index (χ3v) is 2.14. The van der Waals surface area contributed by atoms with Gasteiger partial charge in [0, 0.05) is 0 Å². The molecule has 0 aliphatic heterocycles. The van der Waals surface area contributed by atoms with Gasteiger partial charge in [-0.15, -0.1) is 6.42 Å². The van der Waals surface area contributed by atoms with Gasteiger partial charge in [-0.2, -0.15) is 18.4 Å². The van der Waals surface area contributed by atoms with E-state index >= 15 is 0 Å². The second-order valence-corrected chi connectivity index (χ2v) is 4.07. The Morgan fingerprint density at radius 1 is 1.28 bits per heavy atom. The average molecular weight is 253 g/mol. The summed E-state index contributed by atoms with van der Waals surface area (Å²) in [5.41, 5.74) is -2.50. The molecule has 0 aliphatic rings. The van der Waals surface area contributed by atoms with Gasteiger partial charge in [-0.3, -0.25) is 0 Å². The van der Waals surface area contributed by atoms with Gasteiger partial charge in [-0.05, 0) is 32.0 Å². The van der Waals surface area contributed by atoms with Crippen LogP contribution in [0.4, 0.5) is 13.2 Å². The van der Waals surface area contributed by atoms with Crippen molar-refractivity contribution < 1.29 is 17.9 Å². The van der Waals surface area contributed by atoms with Gasteiger partial charge in [-0.25, -0.2) is 0 Å². The zero-order valence-electron chi connectivity index (χ0n) is 9.80. The van der Waals surface area contributed by atoms with Crippen molar-refractivity contribution in [1.29, 1.82) is 5.26 Å². The van der Waals surface area contributed by atoms with Crippen LogP contribution in [0.2, 0.25) is 0 Å². The molecule has 1 aromatic rings. The summed E-state index contributed by atoms with van der Waals surface area (Å²) in [5, 5.41) is 8.63. The molecule has 0 saturated heterocycles. The van der Waals surface area contributed by atoms with Crippen molar-refractivity contribution in [3.63, 3.8) is 0 Å². The van der Waals surface area contributed by atoms with E-state index in [9.17, 15) is 13.2 Å². The fourth-order valence-corrected chi connectivity index (χ4v) is 1.24. The van der Waals surface area contributed by atoms with E-state index < -0.39 is 22.9 Å². The highest BCUT2D eigenvalue weighted by Crippen LogP contribution is 2.34. The van der Waals surface area contributed by atoms with E-state index in [1.54, 1.807) is 13.8 Å². The van der Waals surface area contributed by atoms with Crippen molar-refractivity contribution >= 4 is 0 Å². The number of rotatable bonds is 2. The van der Waals surface area contributed by atoms with Gasteiger partial charge in [0.25, 0.3) is 0 Å². The third kappa shape index (κ3) is 3.18. The average Bonchev–Trinajstić information content (AvgIpc) is 2.27. The van der Waals surface area contributed by atoms with Crippen LogP contribution in [0.1, 0.15) is 25.0 Å². The molecule has 5 heteroatoms. The first kappa shape index (κ1) is 13.9. The van der Waals surface area contributed by atoms with Gasteiger partial charge in [0.15, 0.2) is 5.60 Å². The lowest BCUT2D eigenvalue weighted by molar-refractivity contribution is -0.137. The third-order valence-electron chi connectivity index (χ3n) is 2.14. The smallest absolute Gasteiger partial charge is 0.417 e. The topological polar surface area (TPSA) is 33.0 Å². The molecule has 0 amide bonds. The first-order valence-corrected chi connectivity index (χ1v) is 4.98. The lowest BCUT2D eigenvalue weighted by Gasteiger charge is -2.21. The number of hydrogen-bond acceptors (Lipinski definition) is 2. The summed E-state index contributed by atoms with van der Waals surface area (Å²) in [6.07, 6.45) is 0.578. The molecule has 94 valence electrons. The number of nitriles is 1. The number of nitrogens with zero attached hydrogens (tertiary/aromatic N) is 1. The summed E-state index contributed by atoms with van der Waals surface area (Å²) in [6.45, 7) is 3.11. The molecular weight excluding hydrogens is 243 g/mol. The SMILES string of the molecule is C#CC(C)(C)Oc1ccc(C#N)c(C(F)(F)F)c1. The molecule has 1 rings (SSSR count). The standard InChI is InChI=1S/C13H10F3NO/c1-4-12(2,3)18-10-6-5-9(8-17)11(7-10)13(14,15)16/h1,5-7H,2-3H3. The van der Waals surface area contributed by atoms with Crippen LogP contribution in [0.15, 0.2) is 18.2 Å². The lowest BCUT2D eigenvalue weighted by Crippen LogP contribution is -2.25. The van der Waals surface area contributed by atoms with Crippen LogP contribution in [-0.2, 0) is 6.18 Å². The summed E-state index contributed by atoms with van der Waals surface area (Å²) < 4.78 is 43.3. The summed E-state index contributed by atoms with van der Waals surface area (Å²) >= 11 is 0. The fraction of sp³-hybridized carbons (Fsp3) is 0.308. The van der Waals surface area contributed by atoms with Crippen molar-refractivity contribution in [2.75, 3.05) is 0 Å². The van der Waals surface area contributed by atoms with Crippen LogP contribution in [0.25, 0.3) is 0 Å². The lowest BCUT2D eigenvalue weighted by atomic mass is 10.1. The van der Waals surface area contributed by atoms with Crippen LogP contribution in [-0.4, -0.2) is 5.60 Å². The molecule has 0 bridgehead atoms. The zero-order chi connectivity index (χ0) is 14.0. The Labute approximate surface area is 103 Å². The summed E-state index contributed by atoms with van der Waals surface area (Å²) in [7, 11) is 0. The van der Waals surface area contributed by atoms with Gasteiger partial charge in [0.05, 0.1) is 17.2 Å². The van der Waals surface area contributed by atoms with Gasteiger partial charge >= 0.3 is 6.18 Å². The van der Waals surface area contributed by atoms with E-state index in [1.165, 1.54) is 12.1 Å². The van der Waals surface area contributed by atoms with Gasteiger partial charge < -0.3 is 4.74 Å². The first-order chi connectivity index (χ1) is 8.19. The molecule has 0 N–H and O–H groups in total. The molecule has 0 aliphatic carbocycles. The Morgan fingerprint density at radius 3 is 2.33 bits per heavy atom. The van der Waals surface area contributed by atoms with Gasteiger partial charge in [0.2, 0.25) is 0 Å². The van der Waals surface area contributed by atoms with Crippen molar-refractivity contribution in [3.8, 4) is 24.2 Å². The molecule has 2 nitrogen and oxygen atoms in total. The van der Waals surface area contributed by atoms with E-state index in [1.807, 2.05) is 0 Å². The van der Waals surface area contributed by atoms with E-state index in [-0.39, 0.29) is 5.75 Å². The maximum absolute atomic E-state index is 12.7. The molecule has 0 spiro atoms. The molecule has 0 radical (unpaired) electrons. The van der Waals surface area contributed by atoms with Gasteiger partial charge in [0.1, 0.15) is 5.75 Å². The Hall–Kier alpha value is -2.14. The Bertz CT molecular complexity index is 533. The van der Waals surface area contributed by atoms with Crippen molar-refractivity contribution in [1.82, 2.24) is 0 Å². The first-order valence-electron chi connectivity index (χ1n) is 4.98. The van der Waals surface area contributed by atoms with Crippen LogP contribution in [0.3, 0.4) is 0 Å². The van der Waals surface area contributed by atoms with E-state index in [0.717, 1.165) is 12.1 Å². The minimum Gasteiger partial charge on any atom is -0.475 e. The molecule has 0 fully saturated rings. The number of terminal acetylenes is 1. The Balaban J connectivity index is 3.22. The highest BCUT2D eigenvalue weighted by atomic mass is 19.4. The molecule has 0 aromatic heterocycles. The van der Waals surface area contributed by atoms with E-state index in [4.69, 9.17) is 16.4 Å². The summed E-state index contributed by atoms with van der Waals surface area (Å²) in [5.74, 6) is 2.28. The highest BCUT2D eigenvalue weighted by Gasteiger charge is 2.34. The Kier molecular flexibility index (Phi) is 3.57. The minimum atomic E-state index is -4.61. The van der Waals surface area contributed by atoms with Crippen molar-refractivity contribution in [2.24, 2.45) is 0 Å². The molecule has 0 heterocycles. The second kappa shape index (κ2) is 4.62. The van der Waals surface area contributed by atoms with Crippen LogP contribution >= 0.6 is 0 Å². The molecule has 0 saturated carbocycles. The Morgan fingerprint density at radius 2 is 1.89 bits per heavy atom. The zero-order valence-corrected chi connectivity index (χ0v) is 9.80. The molecule has 18 heavy (non-hydrogen) atoms. The molecule has 0 unspecified atom stereocenters. The number of halogens is 3. The highest BCUT2D eigenvalue weighted by molar-refractivity contribution is 5.44. The van der Waals surface area contributed by atoms with Crippen molar-refractivity contribution in [2.45, 2.75) is 25.6 Å². The van der Waals surface area contributed by atoms with Gasteiger partial charge in [-0.1, -0.05) is 5.92 Å². The molecule has 0 atom stereocenters. The predicted octanol–water partition coefficient (Wildman–Crippen LogP) is 3.37. The van der Waals surface area contributed by atoms with E-state index in [0.29, 0.717) is 0 Å². The maximum atomic E-state index is 12.7. The minimum absolute atomic E-state index is 0.0238.